The van der Waals surface area contributed by atoms with E-state index in [9.17, 15) is 9.90 Å². The van der Waals surface area contributed by atoms with E-state index in [4.69, 9.17) is 9.84 Å². The Kier molecular flexibility index (Phi) is 5.56. The molecule has 1 saturated heterocycles. The molecule has 8 heteroatoms. The van der Waals surface area contributed by atoms with E-state index in [1.165, 1.54) is 10.6 Å². The molecule has 1 atom stereocenters. The normalized spacial score (nSPS) is 17.5. The lowest BCUT2D eigenvalue weighted by molar-refractivity contribution is 0.105. The molecule has 0 bridgehead atoms. The zero-order valence-electron chi connectivity index (χ0n) is 19.4. The number of fused-ring (bicyclic) bond motifs is 2. The number of carboxylic acid groups (broad SMARTS) is 1. The average molecular weight is 470 g/mol. The summed E-state index contributed by atoms with van der Waals surface area (Å²) in [5, 5.41) is 15.3. The third-order valence-electron chi connectivity index (χ3n) is 7.01. The summed E-state index contributed by atoms with van der Waals surface area (Å²) in [6.45, 7) is 2.55. The Labute approximate surface area is 203 Å². The summed E-state index contributed by atoms with van der Waals surface area (Å²) in [6, 6.07) is 14.0. The lowest BCUT2D eigenvalue weighted by Gasteiger charge is -2.30. The predicted octanol–water partition coefficient (Wildman–Crippen LogP) is 4.88. The molecule has 1 N–H and O–H groups in total. The Morgan fingerprint density at radius 1 is 1.09 bits per heavy atom. The number of rotatable bonds is 5. The monoisotopic (exact) mass is 469 g/mol. The first-order chi connectivity index (χ1) is 17.2. The minimum absolute atomic E-state index is 0.200. The Morgan fingerprint density at radius 2 is 2.03 bits per heavy atom. The van der Waals surface area contributed by atoms with Gasteiger partial charge in [-0.05, 0) is 61.6 Å². The van der Waals surface area contributed by atoms with Crippen molar-refractivity contribution < 1.29 is 14.6 Å². The van der Waals surface area contributed by atoms with Gasteiger partial charge in [-0.2, -0.15) is 5.10 Å². The van der Waals surface area contributed by atoms with Crippen LogP contribution in [0, 0.1) is 5.92 Å². The van der Waals surface area contributed by atoms with Crippen molar-refractivity contribution in [1.29, 1.82) is 0 Å². The fourth-order valence-electron chi connectivity index (χ4n) is 5.32. The number of amides is 1. The zero-order valence-corrected chi connectivity index (χ0v) is 19.4. The van der Waals surface area contributed by atoms with Crippen LogP contribution in [0.1, 0.15) is 25.0 Å². The summed E-state index contributed by atoms with van der Waals surface area (Å²) in [4.78, 5) is 22.0. The van der Waals surface area contributed by atoms with Gasteiger partial charge in [0.1, 0.15) is 11.4 Å². The second-order valence-electron chi connectivity index (χ2n) is 9.30. The standard InChI is InChI=1S/C27H27N5O3/c33-27(34)31-13-3-5-18(16-31)17-35-19-8-9-20-21(10-12-29-23(20)15-19)25-24-7-4-14-32(24)30-26(25)22-6-1-2-11-28-22/h1-2,6,8-12,15,18H,3-5,7,13-14,16-17H2,(H,33,34). The zero-order chi connectivity index (χ0) is 23.8. The summed E-state index contributed by atoms with van der Waals surface area (Å²) in [5.41, 5.74) is 6.14. The van der Waals surface area contributed by atoms with E-state index < -0.39 is 6.09 Å². The van der Waals surface area contributed by atoms with E-state index >= 15 is 0 Å². The van der Waals surface area contributed by atoms with Crippen molar-refractivity contribution >= 4 is 17.0 Å². The lowest BCUT2D eigenvalue weighted by atomic mass is 9.96. The van der Waals surface area contributed by atoms with Crippen molar-refractivity contribution in [3.8, 4) is 28.3 Å². The predicted molar refractivity (Wildman–Crippen MR) is 132 cm³/mol. The van der Waals surface area contributed by atoms with Crippen molar-refractivity contribution in [2.24, 2.45) is 5.92 Å². The van der Waals surface area contributed by atoms with E-state index in [0.717, 1.165) is 71.4 Å². The number of hydrogen-bond acceptors (Lipinski definition) is 5. The third-order valence-corrected chi connectivity index (χ3v) is 7.01. The van der Waals surface area contributed by atoms with Gasteiger partial charge in [-0.15, -0.1) is 0 Å². The minimum atomic E-state index is -0.853. The van der Waals surface area contributed by atoms with Crippen LogP contribution in [0.4, 0.5) is 4.79 Å². The molecule has 0 radical (unpaired) electrons. The molecule has 4 aromatic rings. The first-order valence-corrected chi connectivity index (χ1v) is 12.2. The first-order valence-electron chi connectivity index (χ1n) is 12.2. The van der Waals surface area contributed by atoms with Crippen LogP contribution in [0.2, 0.25) is 0 Å². The highest BCUT2D eigenvalue weighted by Crippen LogP contribution is 2.40. The maximum absolute atomic E-state index is 11.3. The SMILES string of the molecule is O=C(O)N1CCCC(COc2ccc3c(-c4c(-c5ccccn5)nn5c4CCC5)ccnc3c2)C1. The van der Waals surface area contributed by atoms with E-state index in [0.29, 0.717) is 19.7 Å². The molecule has 1 aromatic carbocycles. The number of benzene rings is 1. The van der Waals surface area contributed by atoms with Crippen molar-refractivity contribution in [2.45, 2.75) is 32.2 Å². The van der Waals surface area contributed by atoms with Crippen LogP contribution in [-0.4, -0.2) is 55.5 Å². The highest BCUT2D eigenvalue weighted by Gasteiger charge is 2.26. The topological polar surface area (TPSA) is 93.4 Å². The van der Waals surface area contributed by atoms with E-state index in [-0.39, 0.29) is 5.92 Å². The van der Waals surface area contributed by atoms with Crippen LogP contribution >= 0.6 is 0 Å². The van der Waals surface area contributed by atoms with Crippen molar-refractivity contribution in [3.05, 3.63) is 60.6 Å². The summed E-state index contributed by atoms with van der Waals surface area (Å²) >= 11 is 0. The summed E-state index contributed by atoms with van der Waals surface area (Å²) in [5.74, 6) is 0.950. The summed E-state index contributed by atoms with van der Waals surface area (Å²) < 4.78 is 8.21. The molecule has 35 heavy (non-hydrogen) atoms. The van der Waals surface area contributed by atoms with Crippen molar-refractivity contribution in [3.63, 3.8) is 0 Å². The molecule has 8 nitrogen and oxygen atoms in total. The minimum Gasteiger partial charge on any atom is -0.493 e. The molecule has 0 aliphatic carbocycles. The third kappa shape index (κ3) is 4.09. The van der Waals surface area contributed by atoms with Crippen LogP contribution in [0.3, 0.4) is 0 Å². The van der Waals surface area contributed by atoms with Gasteiger partial charge >= 0.3 is 6.09 Å². The maximum Gasteiger partial charge on any atom is 0.407 e. The maximum atomic E-state index is 11.3. The first kappa shape index (κ1) is 21.6. The van der Waals surface area contributed by atoms with Crippen LogP contribution in [0.5, 0.6) is 5.75 Å². The highest BCUT2D eigenvalue weighted by molar-refractivity contribution is 5.99. The number of pyridine rings is 2. The van der Waals surface area contributed by atoms with E-state index in [1.807, 2.05) is 36.5 Å². The van der Waals surface area contributed by atoms with Gasteiger partial charge in [0.2, 0.25) is 0 Å². The van der Waals surface area contributed by atoms with Crippen molar-refractivity contribution in [1.82, 2.24) is 24.6 Å². The summed E-state index contributed by atoms with van der Waals surface area (Å²) in [7, 11) is 0. The molecule has 2 aliphatic rings. The lowest BCUT2D eigenvalue weighted by Crippen LogP contribution is -2.40. The smallest absolute Gasteiger partial charge is 0.407 e. The Morgan fingerprint density at radius 3 is 2.89 bits per heavy atom. The number of likely N-dealkylation sites (tertiary alicyclic amines) is 1. The van der Waals surface area contributed by atoms with Gasteiger partial charge in [0.05, 0.1) is 17.8 Å². The number of hydrogen-bond donors (Lipinski definition) is 1. The second-order valence-corrected chi connectivity index (χ2v) is 9.30. The number of aryl methyl sites for hydroxylation is 1. The number of piperidine rings is 1. The number of ether oxygens (including phenoxy) is 1. The van der Waals surface area contributed by atoms with E-state index in [1.54, 1.807) is 6.20 Å². The number of nitrogens with zero attached hydrogens (tertiary/aromatic N) is 5. The molecular formula is C27H27N5O3. The molecule has 5 heterocycles. The molecule has 3 aromatic heterocycles. The van der Waals surface area contributed by atoms with Crippen LogP contribution < -0.4 is 4.74 Å². The van der Waals surface area contributed by atoms with Gasteiger partial charge in [-0.25, -0.2) is 4.79 Å². The molecular weight excluding hydrogens is 442 g/mol. The molecule has 1 amide bonds. The van der Waals surface area contributed by atoms with E-state index in [2.05, 4.69) is 26.8 Å². The fraction of sp³-hybridized carbons (Fsp3) is 0.333. The van der Waals surface area contributed by atoms with Gasteiger partial charge in [-0.3, -0.25) is 14.6 Å². The number of carbonyl (C=O) groups is 1. The average Bonchev–Trinajstić information content (AvgIpc) is 3.49. The van der Waals surface area contributed by atoms with Gasteiger partial charge in [0.25, 0.3) is 0 Å². The highest BCUT2D eigenvalue weighted by atomic mass is 16.5. The van der Waals surface area contributed by atoms with Crippen LogP contribution in [-0.2, 0) is 13.0 Å². The number of aromatic nitrogens is 4. The molecule has 0 spiro atoms. The Hall–Kier alpha value is -3.94. The Balaban J connectivity index is 1.31. The summed E-state index contributed by atoms with van der Waals surface area (Å²) in [6.07, 6.45) is 6.73. The van der Waals surface area contributed by atoms with Gasteiger partial charge < -0.3 is 14.7 Å². The van der Waals surface area contributed by atoms with Gasteiger partial charge in [0, 0.05) is 60.7 Å². The van der Waals surface area contributed by atoms with Crippen LogP contribution in [0.25, 0.3) is 33.4 Å². The van der Waals surface area contributed by atoms with Crippen molar-refractivity contribution in [2.75, 3.05) is 19.7 Å². The van der Waals surface area contributed by atoms with Gasteiger partial charge in [0.15, 0.2) is 0 Å². The molecule has 0 saturated carbocycles. The molecule has 178 valence electrons. The largest absolute Gasteiger partial charge is 0.493 e. The fourth-order valence-corrected chi connectivity index (χ4v) is 5.32. The van der Waals surface area contributed by atoms with Gasteiger partial charge in [-0.1, -0.05) is 6.07 Å². The van der Waals surface area contributed by atoms with Crippen LogP contribution in [0.15, 0.2) is 54.9 Å². The molecule has 1 fully saturated rings. The Bertz CT molecular complexity index is 1380. The quantitative estimate of drug-likeness (QED) is 0.448. The molecule has 1 unspecified atom stereocenters. The molecule has 6 rings (SSSR count). The molecule has 2 aliphatic heterocycles. The second kappa shape index (κ2) is 9.02.